The van der Waals surface area contributed by atoms with Crippen molar-refractivity contribution in [3.63, 3.8) is 0 Å². The van der Waals surface area contributed by atoms with Crippen LogP contribution in [0.5, 0.6) is 5.75 Å². The Bertz CT molecular complexity index is 1300. The fraction of sp³-hybridized carbons (Fsp3) is 0.261. The van der Waals surface area contributed by atoms with Gasteiger partial charge in [0.25, 0.3) is 11.5 Å². The smallest absolute Gasteiger partial charge is 0.274 e. The molecule has 7 nitrogen and oxygen atoms in total. The van der Waals surface area contributed by atoms with E-state index in [0.29, 0.717) is 35.5 Å². The third kappa shape index (κ3) is 3.03. The maximum atomic E-state index is 13.1. The average molecular weight is 402 g/mol. The van der Waals surface area contributed by atoms with Gasteiger partial charge in [0.2, 0.25) is 0 Å². The maximum absolute atomic E-state index is 13.1. The van der Waals surface area contributed by atoms with Crippen molar-refractivity contribution in [3.8, 4) is 5.75 Å². The summed E-state index contributed by atoms with van der Waals surface area (Å²) in [4.78, 5) is 30.3. The SMILES string of the molecule is COc1ccc2[nH]cc(C3CCN(C(=O)c4n[nH]c(=O)c5ccccc45)CC3)c2c1. The van der Waals surface area contributed by atoms with E-state index in [1.54, 1.807) is 25.3 Å². The number of hydrogen-bond acceptors (Lipinski definition) is 4. The number of nitrogens with one attached hydrogen (secondary N) is 2. The van der Waals surface area contributed by atoms with Crippen molar-refractivity contribution in [1.29, 1.82) is 0 Å². The van der Waals surface area contributed by atoms with Crippen LogP contribution in [0.15, 0.2) is 53.5 Å². The number of H-pyrrole nitrogens is 2. The Kier molecular flexibility index (Phi) is 4.50. The van der Waals surface area contributed by atoms with Crippen LogP contribution in [0.3, 0.4) is 0 Å². The van der Waals surface area contributed by atoms with E-state index in [9.17, 15) is 9.59 Å². The lowest BCUT2D eigenvalue weighted by atomic mass is 9.89. The van der Waals surface area contributed by atoms with Gasteiger partial charge in [0.1, 0.15) is 5.75 Å². The van der Waals surface area contributed by atoms with Crippen LogP contribution in [-0.4, -0.2) is 46.2 Å². The molecule has 152 valence electrons. The summed E-state index contributed by atoms with van der Waals surface area (Å²) in [6.07, 6.45) is 3.82. The second-order valence-corrected chi connectivity index (χ2v) is 7.67. The van der Waals surface area contributed by atoms with Gasteiger partial charge in [-0.25, -0.2) is 5.10 Å². The lowest BCUT2D eigenvalue weighted by Gasteiger charge is -2.32. The number of ether oxygens (including phenoxy) is 1. The summed E-state index contributed by atoms with van der Waals surface area (Å²) in [6, 6.07) is 13.1. The molecule has 0 aliphatic carbocycles. The first kappa shape index (κ1) is 18.4. The van der Waals surface area contributed by atoms with E-state index in [2.05, 4.69) is 27.4 Å². The van der Waals surface area contributed by atoms with E-state index in [0.717, 1.165) is 24.1 Å². The fourth-order valence-electron chi connectivity index (χ4n) is 4.41. The zero-order chi connectivity index (χ0) is 20.7. The number of likely N-dealkylation sites (tertiary alicyclic amines) is 1. The first-order valence-electron chi connectivity index (χ1n) is 10.1. The minimum atomic E-state index is -0.282. The Morgan fingerprint density at radius 2 is 1.87 bits per heavy atom. The van der Waals surface area contributed by atoms with Gasteiger partial charge in [-0.1, -0.05) is 18.2 Å². The summed E-state index contributed by atoms with van der Waals surface area (Å²) in [7, 11) is 1.67. The van der Waals surface area contributed by atoms with Gasteiger partial charge in [0.15, 0.2) is 5.69 Å². The van der Waals surface area contributed by atoms with E-state index >= 15 is 0 Å². The van der Waals surface area contributed by atoms with Crippen molar-refractivity contribution in [2.75, 3.05) is 20.2 Å². The zero-order valence-electron chi connectivity index (χ0n) is 16.6. The van der Waals surface area contributed by atoms with Crippen molar-refractivity contribution in [2.24, 2.45) is 0 Å². The molecule has 0 atom stereocenters. The second-order valence-electron chi connectivity index (χ2n) is 7.67. The fourth-order valence-corrected chi connectivity index (χ4v) is 4.41. The molecule has 2 aromatic heterocycles. The van der Waals surface area contributed by atoms with Crippen LogP contribution >= 0.6 is 0 Å². The first-order chi connectivity index (χ1) is 14.7. The van der Waals surface area contributed by atoms with Crippen LogP contribution in [-0.2, 0) is 0 Å². The minimum absolute atomic E-state index is 0.138. The van der Waals surface area contributed by atoms with Crippen LogP contribution in [0.1, 0.15) is 34.8 Å². The lowest BCUT2D eigenvalue weighted by Crippen LogP contribution is -2.38. The second kappa shape index (κ2) is 7.33. The standard InChI is InChI=1S/C23H22N4O3/c1-30-15-6-7-20-18(12-15)19(13-24-20)14-8-10-27(11-9-14)23(29)21-16-4-2-3-5-17(16)22(28)26-25-21/h2-7,12-14,24H,8-11H2,1H3,(H,26,28). The van der Waals surface area contributed by atoms with Gasteiger partial charge in [-0.05, 0) is 48.6 Å². The average Bonchev–Trinajstić information content (AvgIpc) is 3.22. The summed E-state index contributed by atoms with van der Waals surface area (Å²) in [5, 5.41) is 8.77. The molecule has 1 aliphatic rings. The molecule has 0 unspecified atom stereocenters. The molecule has 1 fully saturated rings. The van der Waals surface area contributed by atoms with E-state index in [1.165, 1.54) is 10.9 Å². The summed E-state index contributed by atoms with van der Waals surface area (Å²) in [5.74, 6) is 1.07. The van der Waals surface area contributed by atoms with Crippen LogP contribution in [0.4, 0.5) is 0 Å². The largest absolute Gasteiger partial charge is 0.497 e. The number of rotatable bonds is 3. The van der Waals surface area contributed by atoms with Crippen LogP contribution in [0.25, 0.3) is 21.7 Å². The predicted molar refractivity (Wildman–Crippen MR) is 115 cm³/mol. The van der Waals surface area contributed by atoms with E-state index < -0.39 is 0 Å². The Balaban J connectivity index is 1.37. The zero-order valence-corrected chi connectivity index (χ0v) is 16.6. The highest BCUT2D eigenvalue weighted by Crippen LogP contribution is 2.35. The number of amides is 1. The van der Waals surface area contributed by atoms with Crippen LogP contribution < -0.4 is 10.3 Å². The molecule has 7 heteroatoms. The van der Waals surface area contributed by atoms with E-state index in [4.69, 9.17) is 4.74 Å². The Morgan fingerprint density at radius 1 is 1.10 bits per heavy atom. The highest BCUT2D eigenvalue weighted by atomic mass is 16.5. The number of fused-ring (bicyclic) bond motifs is 2. The van der Waals surface area contributed by atoms with Crippen molar-refractivity contribution in [1.82, 2.24) is 20.1 Å². The van der Waals surface area contributed by atoms with E-state index in [-0.39, 0.29) is 11.5 Å². The van der Waals surface area contributed by atoms with Crippen molar-refractivity contribution in [3.05, 3.63) is 70.3 Å². The molecule has 30 heavy (non-hydrogen) atoms. The van der Waals surface area contributed by atoms with Gasteiger partial charge in [-0.15, -0.1) is 0 Å². The quantitative estimate of drug-likeness (QED) is 0.549. The maximum Gasteiger partial charge on any atom is 0.274 e. The molecule has 5 rings (SSSR count). The molecule has 2 aromatic carbocycles. The molecule has 2 N–H and O–H groups in total. The van der Waals surface area contributed by atoms with Crippen LogP contribution in [0, 0.1) is 0 Å². The molecule has 0 spiro atoms. The van der Waals surface area contributed by atoms with Gasteiger partial charge in [-0.3, -0.25) is 9.59 Å². The third-order valence-electron chi connectivity index (χ3n) is 6.04. The highest BCUT2D eigenvalue weighted by Gasteiger charge is 2.28. The summed E-state index contributed by atoms with van der Waals surface area (Å²) < 4.78 is 5.38. The molecule has 1 saturated heterocycles. The molecule has 0 saturated carbocycles. The highest BCUT2D eigenvalue weighted by molar-refractivity contribution is 6.04. The van der Waals surface area contributed by atoms with Gasteiger partial charge in [-0.2, -0.15) is 5.10 Å². The topological polar surface area (TPSA) is 91.1 Å². The Hall–Kier alpha value is -3.61. The molecular weight excluding hydrogens is 380 g/mol. The molecular formula is C23H22N4O3. The number of carbonyl (C=O) groups excluding carboxylic acids is 1. The number of piperidine rings is 1. The summed E-state index contributed by atoms with van der Waals surface area (Å²) >= 11 is 0. The van der Waals surface area contributed by atoms with Gasteiger partial charge < -0.3 is 14.6 Å². The van der Waals surface area contributed by atoms with Crippen molar-refractivity contribution >= 4 is 27.6 Å². The van der Waals surface area contributed by atoms with Gasteiger partial charge in [0, 0.05) is 35.6 Å². The third-order valence-corrected chi connectivity index (χ3v) is 6.04. The van der Waals surface area contributed by atoms with E-state index in [1.807, 2.05) is 23.1 Å². The number of aromatic nitrogens is 3. The summed E-state index contributed by atoms with van der Waals surface area (Å²) in [5.41, 5.74) is 2.38. The summed E-state index contributed by atoms with van der Waals surface area (Å²) in [6.45, 7) is 1.30. The first-order valence-corrected chi connectivity index (χ1v) is 10.1. The molecule has 1 aliphatic heterocycles. The molecule has 3 heterocycles. The number of aromatic amines is 2. The molecule has 4 aromatic rings. The number of carbonyl (C=O) groups is 1. The number of methoxy groups -OCH3 is 1. The number of hydrogen-bond donors (Lipinski definition) is 2. The molecule has 0 bridgehead atoms. The Morgan fingerprint density at radius 3 is 2.63 bits per heavy atom. The lowest BCUT2D eigenvalue weighted by molar-refractivity contribution is 0.0708. The number of nitrogens with zero attached hydrogens (tertiary/aromatic N) is 2. The van der Waals surface area contributed by atoms with Crippen LogP contribution in [0.2, 0.25) is 0 Å². The molecule has 0 radical (unpaired) electrons. The predicted octanol–water partition coefficient (Wildman–Crippen LogP) is 3.43. The normalized spacial score (nSPS) is 15.0. The minimum Gasteiger partial charge on any atom is -0.497 e. The van der Waals surface area contributed by atoms with Crippen molar-refractivity contribution < 1.29 is 9.53 Å². The monoisotopic (exact) mass is 402 g/mol. The number of benzene rings is 2. The van der Waals surface area contributed by atoms with Crippen molar-refractivity contribution in [2.45, 2.75) is 18.8 Å². The van der Waals surface area contributed by atoms with Gasteiger partial charge in [0.05, 0.1) is 12.5 Å². The Labute approximate surface area is 172 Å². The van der Waals surface area contributed by atoms with Gasteiger partial charge >= 0.3 is 0 Å². The molecule has 1 amide bonds.